The van der Waals surface area contributed by atoms with Gasteiger partial charge in [0.05, 0.1) is 21.4 Å². The highest BCUT2D eigenvalue weighted by molar-refractivity contribution is 6.33. The Morgan fingerprint density at radius 3 is 2.47 bits per heavy atom. The molecule has 90 valence electrons. The van der Waals surface area contributed by atoms with Crippen molar-refractivity contribution in [2.24, 2.45) is 0 Å². The van der Waals surface area contributed by atoms with Gasteiger partial charge in [-0.1, -0.05) is 23.2 Å². The molecule has 17 heavy (non-hydrogen) atoms. The van der Waals surface area contributed by atoms with Crippen LogP contribution in [0.3, 0.4) is 0 Å². The van der Waals surface area contributed by atoms with Gasteiger partial charge in [0, 0.05) is 12.1 Å². The molecule has 2 aromatic rings. The third kappa shape index (κ3) is 2.28. The van der Waals surface area contributed by atoms with E-state index in [0.29, 0.717) is 21.7 Å². The van der Waals surface area contributed by atoms with E-state index in [2.05, 4.69) is 10.1 Å². The summed E-state index contributed by atoms with van der Waals surface area (Å²) in [5.74, 6) is 0.943. The molecule has 0 bridgehead atoms. The predicted molar refractivity (Wildman–Crippen MR) is 70.4 cm³/mol. The molecular formula is C11H10Cl3N3. The molecule has 0 aromatic carbocycles. The molecule has 2 heterocycles. The van der Waals surface area contributed by atoms with Gasteiger partial charge in [0.15, 0.2) is 5.82 Å². The van der Waals surface area contributed by atoms with E-state index in [4.69, 9.17) is 34.8 Å². The van der Waals surface area contributed by atoms with Gasteiger partial charge in [-0.15, -0.1) is 11.6 Å². The highest BCUT2D eigenvalue weighted by Gasteiger charge is 2.14. The van der Waals surface area contributed by atoms with E-state index in [1.54, 1.807) is 16.9 Å². The fraction of sp³-hybridized carbons (Fsp3) is 0.273. The molecule has 6 heteroatoms. The van der Waals surface area contributed by atoms with Crippen molar-refractivity contribution >= 4 is 34.8 Å². The van der Waals surface area contributed by atoms with Crippen molar-refractivity contribution in [3.8, 4) is 5.82 Å². The molecule has 0 aliphatic rings. The molecule has 0 spiro atoms. The van der Waals surface area contributed by atoms with Gasteiger partial charge in [0.25, 0.3) is 0 Å². The number of hydrogen-bond donors (Lipinski definition) is 0. The summed E-state index contributed by atoms with van der Waals surface area (Å²) in [6.45, 7) is 3.71. The Morgan fingerprint density at radius 1 is 1.29 bits per heavy atom. The molecule has 0 atom stereocenters. The Kier molecular flexibility index (Phi) is 3.61. The smallest absolute Gasteiger partial charge is 0.172 e. The highest BCUT2D eigenvalue weighted by Crippen LogP contribution is 2.25. The maximum Gasteiger partial charge on any atom is 0.172 e. The van der Waals surface area contributed by atoms with Crippen LogP contribution in [-0.2, 0) is 5.88 Å². The largest absolute Gasteiger partial charge is 0.235 e. The molecule has 0 saturated carbocycles. The zero-order chi connectivity index (χ0) is 12.6. The van der Waals surface area contributed by atoms with Crippen molar-refractivity contribution in [3.05, 3.63) is 39.3 Å². The third-order valence-electron chi connectivity index (χ3n) is 2.44. The van der Waals surface area contributed by atoms with Crippen LogP contribution >= 0.6 is 34.8 Å². The van der Waals surface area contributed by atoms with E-state index in [0.717, 1.165) is 17.0 Å². The average Bonchev–Trinajstić information content (AvgIpc) is 2.57. The SMILES string of the molecule is Cc1nn(-c2ncc(CCl)cc2Cl)c(C)c1Cl. The molecule has 0 saturated heterocycles. The second kappa shape index (κ2) is 4.84. The maximum absolute atomic E-state index is 6.15. The highest BCUT2D eigenvalue weighted by atomic mass is 35.5. The van der Waals surface area contributed by atoms with Crippen LogP contribution in [0.4, 0.5) is 0 Å². The second-order valence-electron chi connectivity index (χ2n) is 3.68. The zero-order valence-electron chi connectivity index (χ0n) is 9.34. The number of alkyl halides is 1. The standard InChI is InChI=1S/C11H10Cl3N3/c1-6-10(14)7(2)17(16-6)11-9(13)3-8(4-12)5-15-11/h3,5H,4H2,1-2H3. The van der Waals surface area contributed by atoms with Crippen LogP contribution in [0.25, 0.3) is 5.82 Å². The van der Waals surface area contributed by atoms with Gasteiger partial charge in [-0.25, -0.2) is 9.67 Å². The molecule has 3 nitrogen and oxygen atoms in total. The van der Waals surface area contributed by atoms with Gasteiger partial charge in [-0.3, -0.25) is 0 Å². The Balaban J connectivity index is 2.57. The third-order valence-corrected chi connectivity index (χ3v) is 3.57. The van der Waals surface area contributed by atoms with Gasteiger partial charge < -0.3 is 0 Å². The van der Waals surface area contributed by atoms with Gasteiger partial charge >= 0.3 is 0 Å². The predicted octanol–water partition coefficient (Wildman–Crippen LogP) is 3.93. The molecule has 0 unspecified atom stereocenters. The summed E-state index contributed by atoms with van der Waals surface area (Å²) in [6.07, 6.45) is 1.68. The van der Waals surface area contributed by atoms with Crippen molar-refractivity contribution in [1.82, 2.24) is 14.8 Å². The number of aromatic nitrogens is 3. The molecule has 2 rings (SSSR count). The van der Waals surface area contributed by atoms with Crippen LogP contribution < -0.4 is 0 Å². The lowest BCUT2D eigenvalue weighted by Gasteiger charge is -2.06. The molecule has 0 amide bonds. The van der Waals surface area contributed by atoms with E-state index < -0.39 is 0 Å². The summed E-state index contributed by atoms with van der Waals surface area (Å²) < 4.78 is 1.64. The van der Waals surface area contributed by atoms with Crippen molar-refractivity contribution in [3.63, 3.8) is 0 Å². The summed E-state index contributed by atoms with van der Waals surface area (Å²) in [6, 6.07) is 1.78. The fourth-order valence-corrected chi connectivity index (χ4v) is 2.06. The topological polar surface area (TPSA) is 30.7 Å². The molecule has 0 aliphatic heterocycles. The van der Waals surface area contributed by atoms with E-state index in [-0.39, 0.29) is 0 Å². The Bertz CT molecular complexity index is 563. The van der Waals surface area contributed by atoms with Crippen LogP contribution in [0, 0.1) is 13.8 Å². The number of aryl methyl sites for hydroxylation is 1. The fourth-order valence-electron chi connectivity index (χ4n) is 1.53. The number of nitrogens with zero attached hydrogens (tertiary/aromatic N) is 3. The number of halogens is 3. The van der Waals surface area contributed by atoms with Gasteiger partial charge in [-0.2, -0.15) is 5.10 Å². The lowest BCUT2D eigenvalue weighted by molar-refractivity contribution is 0.805. The van der Waals surface area contributed by atoms with Gasteiger partial charge in [-0.05, 0) is 25.5 Å². The van der Waals surface area contributed by atoms with Crippen LogP contribution in [0.5, 0.6) is 0 Å². The zero-order valence-corrected chi connectivity index (χ0v) is 11.6. The summed E-state index contributed by atoms with van der Waals surface area (Å²) in [5, 5.41) is 5.44. The van der Waals surface area contributed by atoms with Crippen LogP contribution in [0.2, 0.25) is 10.0 Å². The van der Waals surface area contributed by atoms with Crippen molar-refractivity contribution in [1.29, 1.82) is 0 Å². The molecule has 0 radical (unpaired) electrons. The Labute approximate surface area is 114 Å². The number of hydrogen-bond acceptors (Lipinski definition) is 2. The minimum absolute atomic E-state index is 0.380. The van der Waals surface area contributed by atoms with E-state index in [1.807, 2.05) is 13.8 Å². The van der Waals surface area contributed by atoms with Gasteiger partial charge in [0.1, 0.15) is 0 Å². The molecule has 0 aliphatic carbocycles. The Morgan fingerprint density at radius 2 is 2.00 bits per heavy atom. The Hall–Kier alpha value is -0.770. The van der Waals surface area contributed by atoms with Crippen molar-refractivity contribution in [2.45, 2.75) is 19.7 Å². The van der Waals surface area contributed by atoms with E-state index in [9.17, 15) is 0 Å². The minimum atomic E-state index is 0.380. The normalized spacial score (nSPS) is 10.9. The van der Waals surface area contributed by atoms with Crippen LogP contribution in [0.1, 0.15) is 17.0 Å². The number of pyridine rings is 1. The summed E-state index contributed by atoms with van der Waals surface area (Å²) in [5.41, 5.74) is 2.44. The first-order valence-corrected chi connectivity index (χ1v) is 6.26. The lowest BCUT2D eigenvalue weighted by Crippen LogP contribution is -2.03. The van der Waals surface area contributed by atoms with Gasteiger partial charge in [0.2, 0.25) is 0 Å². The molecule has 0 N–H and O–H groups in total. The molecule has 0 fully saturated rings. The summed E-state index contributed by atoms with van der Waals surface area (Å²) in [4.78, 5) is 4.26. The first-order chi connectivity index (χ1) is 8.04. The monoisotopic (exact) mass is 289 g/mol. The van der Waals surface area contributed by atoms with E-state index >= 15 is 0 Å². The minimum Gasteiger partial charge on any atom is -0.235 e. The van der Waals surface area contributed by atoms with Crippen LogP contribution in [0.15, 0.2) is 12.3 Å². The first-order valence-electron chi connectivity index (χ1n) is 4.97. The number of rotatable bonds is 2. The quantitative estimate of drug-likeness (QED) is 0.785. The summed E-state index contributed by atoms with van der Waals surface area (Å²) >= 11 is 18.0. The van der Waals surface area contributed by atoms with Crippen LogP contribution in [-0.4, -0.2) is 14.8 Å². The second-order valence-corrected chi connectivity index (χ2v) is 4.73. The van der Waals surface area contributed by atoms with Crippen molar-refractivity contribution in [2.75, 3.05) is 0 Å². The lowest BCUT2D eigenvalue weighted by atomic mass is 10.3. The average molecular weight is 291 g/mol. The maximum atomic E-state index is 6.15. The molecule has 2 aromatic heterocycles. The first kappa shape index (κ1) is 12.7. The summed E-state index contributed by atoms with van der Waals surface area (Å²) in [7, 11) is 0. The molecular weight excluding hydrogens is 281 g/mol. The van der Waals surface area contributed by atoms with Crippen molar-refractivity contribution < 1.29 is 0 Å². The van der Waals surface area contributed by atoms with E-state index in [1.165, 1.54) is 0 Å².